The summed E-state index contributed by atoms with van der Waals surface area (Å²) in [5.74, 6) is 0.0718. The first-order chi connectivity index (χ1) is 9.11. The fourth-order valence-electron chi connectivity index (χ4n) is 1.87. The topological polar surface area (TPSA) is 49.4 Å². The zero-order valence-corrected chi connectivity index (χ0v) is 12.0. The number of benzene rings is 1. The summed E-state index contributed by atoms with van der Waals surface area (Å²) in [6, 6.07) is 7.64. The lowest BCUT2D eigenvalue weighted by Gasteiger charge is -2.17. The number of likely N-dealkylation sites (N-methyl/N-ethyl adjacent to an activating group) is 1. The Morgan fingerprint density at radius 1 is 1.37 bits per heavy atom. The number of hydrogen-bond acceptors (Lipinski definition) is 3. The van der Waals surface area contributed by atoms with Crippen LogP contribution in [-0.2, 0) is 9.59 Å². The van der Waals surface area contributed by atoms with Crippen molar-refractivity contribution in [3.05, 3.63) is 24.3 Å². The number of amides is 2. The van der Waals surface area contributed by atoms with Gasteiger partial charge in [-0.2, -0.15) is 0 Å². The molecule has 1 aromatic rings. The first-order valence-corrected chi connectivity index (χ1v) is 7.52. The van der Waals surface area contributed by atoms with Gasteiger partial charge in [0.05, 0.1) is 12.2 Å². The van der Waals surface area contributed by atoms with Crippen LogP contribution in [0, 0.1) is 5.92 Å². The number of carbonyl (C=O) groups is 2. The van der Waals surface area contributed by atoms with Crippen molar-refractivity contribution in [1.29, 1.82) is 0 Å². The van der Waals surface area contributed by atoms with Crippen LogP contribution in [0.25, 0.3) is 0 Å². The summed E-state index contributed by atoms with van der Waals surface area (Å²) >= 11 is 1.58. The van der Waals surface area contributed by atoms with Crippen LogP contribution in [0.5, 0.6) is 0 Å². The SMILES string of the molecule is CSc1ccccc1NC(=O)CN(C)C(=O)C1CC1. The Bertz CT molecular complexity index is 486. The van der Waals surface area contributed by atoms with Crippen molar-refractivity contribution in [1.82, 2.24) is 4.90 Å². The van der Waals surface area contributed by atoms with Crippen LogP contribution in [0.15, 0.2) is 29.2 Å². The molecule has 2 rings (SSSR count). The molecule has 0 radical (unpaired) electrons. The summed E-state index contributed by atoms with van der Waals surface area (Å²) in [6.45, 7) is 0.109. The average Bonchev–Trinajstić information content (AvgIpc) is 3.22. The maximum absolute atomic E-state index is 11.9. The minimum Gasteiger partial charge on any atom is -0.336 e. The Morgan fingerprint density at radius 2 is 2.05 bits per heavy atom. The predicted molar refractivity (Wildman–Crippen MR) is 77.2 cm³/mol. The molecule has 1 saturated carbocycles. The number of thioether (sulfide) groups is 1. The Balaban J connectivity index is 1.91. The van der Waals surface area contributed by atoms with Crippen molar-refractivity contribution in [2.24, 2.45) is 5.92 Å². The van der Waals surface area contributed by atoms with Crippen molar-refractivity contribution in [3.63, 3.8) is 0 Å². The zero-order chi connectivity index (χ0) is 13.8. The Morgan fingerprint density at radius 3 is 2.68 bits per heavy atom. The predicted octanol–water partition coefficient (Wildman–Crippen LogP) is 2.22. The van der Waals surface area contributed by atoms with Crippen LogP contribution >= 0.6 is 11.8 Å². The first kappa shape index (κ1) is 13.9. The molecule has 0 bridgehead atoms. The van der Waals surface area contributed by atoms with E-state index in [1.807, 2.05) is 30.5 Å². The molecule has 1 aromatic carbocycles. The molecule has 2 amide bonds. The summed E-state index contributed by atoms with van der Waals surface area (Å²) in [4.78, 5) is 26.2. The number of anilines is 1. The number of para-hydroxylation sites is 1. The van der Waals surface area contributed by atoms with Crippen LogP contribution in [0.4, 0.5) is 5.69 Å². The van der Waals surface area contributed by atoms with Crippen molar-refractivity contribution >= 4 is 29.3 Å². The number of hydrogen-bond donors (Lipinski definition) is 1. The van der Waals surface area contributed by atoms with Gasteiger partial charge in [-0.15, -0.1) is 11.8 Å². The van der Waals surface area contributed by atoms with Crippen LogP contribution in [0.2, 0.25) is 0 Å². The normalized spacial score (nSPS) is 14.0. The summed E-state index contributed by atoms with van der Waals surface area (Å²) in [6.07, 6.45) is 3.88. The van der Waals surface area contributed by atoms with Gasteiger partial charge < -0.3 is 10.2 Å². The van der Waals surface area contributed by atoms with Gasteiger partial charge in [0, 0.05) is 17.9 Å². The molecule has 0 spiro atoms. The monoisotopic (exact) mass is 278 g/mol. The second-order valence-electron chi connectivity index (χ2n) is 4.72. The van der Waals surface area contributed by atoms with E-state index < -0.39 is 0 Å². The molecule has 0 saturated heterocycles. The summed E-state index contributed by atoms with van der Waals surface area (Å²) in [5, 5.41) is 2.85. The van der Waals surface area contributed by atoms with E-state index in [1.165, 1.54) is 4.90 Å². The van der Waals surface area contributed by atoms with E-state index >= 15 is 0 Å². The second-order valence-corrected chi connectivity index (χ2v) is 5.57. The average molecular weight is 278 g/mol. The molecule has 1 aliphatic rings. The third-order valence-corrected chi connectivity index (χ3v) is 3.86. The van der Waals surface area contributed by atoms with Gasteiger partial charge in [0.1, 0.15) is 0 Å². The fourth-order valence-corrected chi connectivity index (χ4v) is 2.43. The van der Waals surface area contributed by atoms with Gasteiger partial charge in [0.25, 0.3) is 0 Å². The highest BCUT2D eigenvalue weighted by Crippen LogP contribution is 2.30. The number of nitrogens with zero attached hydrogens (tertiary/aromatic N) is 1. The largest absolute Gasteiger partial charge is 0.336 e. The third-order valence-electron chi connectivity index (χ3n) is 3.06. The Labute approximate surface area is 117 Å². The summed E-state index contributed by atoms with van der Waals surface area (Å²) in [5.41, 5.74) is 0.798. The lowest BCUT2D eigenvalue weighted by molar-refractivity contribution is -0.134. The number of nitrogens with one attached hydrogen (secondary N) is 1. The van der Waals surface area contributed by atoms with Gasteiger partial charge in [0.2, 0.25) is 11.8 Å². The highest BCUT2D eigenvalue weighted by atomic mass is 32.2. The lowest BCUT2D eigenvalue weighted by Crippen LogP contribution is -2.35. The second kappa shape index (κ2) is 6.10. The fraction of sp³-hybridized carbons (Fsp3) is 0.429. The Hall–Kier alpha value is -1.49. The number of carbonyl (C=O) groups excluding carboxylic acids is 2. The standard InChI is InChI=1S/C14H18N2O2S/c1-16(14(18)10-7-8-10)9-13(17)15-11-5-3-4-6-12(11)19-2/h3-6,10H,7-9H2,1-2H3,(H,15,17). The molecule has 0 atom stereocenters. The van der Waals surface area contributed by atoms with E-state index in [0.29, 0.717) is 0 Å². The van der Waals surface area contributed by atoms with Gasteiger partial charge in [-0.05, 0) is 31.2 Å². The third kappa shape index (κ3) is 3.73. The lowest BCUT2D eigenvalue weighted by atomic mass is 10.3. The van der Waals surface area contributed by atoms with Crippen molar-refractivity contribution < 1.29 is 9.59 Å². The van der Waals surface area contributed by atoms with Crippen LogP contribution < -0.4 is 5.32 Å². The molecule has 0 aliphatic heterocycles. The number of rotatable bonds is 5. The van der Waals surface area contributed by atoms with E-state index in [9.17, 15) is 9.59 Å². The van der Waals surface area contributed by atoms with E-state index in [4.69, 9.17) is 0 Å². The van der Waals surface area contributed by atoms with Gasteiger partial charge >= 0.3 is 0 Å². The molecule has 0 heterocycles. The molecular weight excluding hydrogens is 260 g/mol. The molecule has 4 nitrogen and oxygen atoms in total. The highest BCUT2D eigenvalue weighted by molar-refractivity contribution is 7.98. The van der Waals surface area contributed by atoms with Gasteiger partial charge in [-0.25, -0.2) is 0 Å². The van der Waals surface area contributed by atoms with Crippen LogP contribution in [-0.4, -0.2) is 36.6 Å². The van der Waals surface area contributed by atoms with Crippen molar-refractivity contribution in [2.75, 3.05) is 25.2 Å². The van der Waals surface area contributed by atoms with E-state index in [-0.39, 0.29) is 24.3 Å². The summed E-state index contributed by atoms with van der Waals surface area (Å²) < 4.78 is 0. The molecule has 1 fully saturated rings. The molecule has 1 N–H and O–H groups in total. The van der Waals surface area contributed by atoms with E-state index in [1.54, 1.807) is 18.8 Å². The zero-order valence-electron chi connectivity index (χ0n) is 11.2. The quantitative estimate of drug-likeness (QED) is 0.840. The molecule has 19 heavy (non-hydrogen) atoms. The summed E-state index contributed by atoms with van der Waals surface area (Å²) in [7, 11) is 1.68. The van der Waals surface area contributed by atoms with E-state index in [0.717, 1.165) is 23.4 Å². The molecule has 5 heteroatoms. The first-order valence-electron chi connectivity index (χ1n) is 6.29. The van der Waals surface area contributed by atoms with Crippen molar-refractivity contribution in [2.45, 2.75) is 17.7 Å². The van der Waals surface area contributed by atoms with Gasteiger partial charge in [-0.3, -0.25) is 9.59 Å². The highest BCUT2D eigenvalue weighted by Gasteiger charge is 2.32. The van der Waals surface area contributed by atoms with Gasteiger partial charge in [-0.1, -0.05) is 12.1 Å². The molecule has 0 aromatic heterocycles. The molecule has 102 valence electrons. The maximum Gasteiger partial charge on any atom is 0.244 e. The van der Waals surface area contributed by atoms with Crippen LogP contribution in [0.3, 0.4) is 0 Å². The Kier molecular flexibility index (Phi) is 4.47. The van der Waals surface area contributed by atoms with Crippen LogP contribution in [0.1, 0.15) is 12.8 Å². The minimum atomic E-state index is -0.155. The molecular formula is C14H18N2O2S. The smallest absolute Gasteiger partial charge is 0.244 e. The van der Waals surface area contributed by atoms with Crippen molar-refractivity contribution in [3.8, 4) is 0 Å². The molecule has 0 unspecified atom stereocenters. The van der Waals surface area contributed by atoms with Gasteiger partial charge in [0.15, 0.2) is 0 Å². The molecule has 1 aliphatic carbocycles. The minimum absolute atomic E-state index is 0.0771. The maximum atomic E-state index is 11.9. The van der Waals surface area contributed by atoms with E-state index in [2.05, 4.69) is 5.32 Å².